The molecule has 0 bridgehead atoms. The molecule has 7 rings (SSSR count). The number of hydrogen-bond donors (Lipinski definition) is 1. The number of hydrogen-bond acceptors (Lipinski definition) is 5. The molecule has 4 fully saturated rings. The fraction of sp³-hybridized carbons (Fsp3) is 0.707. The van der Waals surface area contributed by atoms with Crippen LogP contribution in [0.1, 0.15) is 125 Å². The minimum atomic E-state index is -0.604. The zero-order valence-electron chi connectivity index (χ0n) is 30.3. The maximum absolute atomic E-state index is 13.3. The smallest absolute Gasteiger partial charge is 0.310 e. The van der Waals surface area contributed by atoms with E-state index in [9.17, 15) is 14.7 Å². The normalized spacial score (nSPS) is 39.5. The summed E-state index contributed by atoms with van der Waals surface area (Å²) in [5.74, 6) is 0.394. The third-order valence-electron chi connectivity index (χ3n) is 15.4. The molecule has 7 heteroatoms. The standard InChI is InChI=1S/C41H57N3O4/c1-36(2)21-23-41(35(46)47)24-22-39(6)29(30(41)25-36)14-15-32-38(5)19-18-33(37(3,4)31(38)17-20-40(32,39)7)48-34(45)16-13-27-26-44(43-42-27)28-11-9-8-10-12-28/h8-12,14,26,30-33H,13,15-25H2,1-7H3,(H,46,47)/t30-,31-,32+,33-,38-,39+,40+,41-/m0/s1. The van der Waals surface area contributed by atoms with Gasteiger partial charge in [0.15, 0.2) is 0 Å². The molecule has 0 radical (unpaired) electrons. The average Bonchev–Trinajstić information content (AvgIpc) is 3.51. The number of rotatable bonds is 6. The molecule has 1 N–H and O–H groups in total. The minimum absolute atomic E-state index is 0.0107. The summed E-state index contributed by atoms with van der Waals surface area (Å²) in [6.45, 7) is 17.0. The highest BCUT2D eigenvalue weighted by Crippen LogP contribution is 2.75. The lowest BCUT2D eigenvalue weighted by atomic mass is 9.33. The molecular formula is C41H57N3O4. The van der Waals surface area contributed by atoms with Crippen molar-refractivity contribution < 1.29 is 19.4 Å². The number of nitrogens with zero attached hydrogens (tertiary/aromatic N) is 3. The fourth-order valence-electron chi connectivity index (χ4n) is 12.4. The van der Waals surface area contributed by atoms with Gasteiger partial charge < -0.3 is 9.84 Å². The number of carboxylic acids is 1. The molecule has 5 aliphatic rings. The number of carbonyl (C=O) groups is 2. The van der Waals surface area contributed by atoms with Crippen LogP contribution in [0.3, 0.4) is 0 Å². The first kappa shape index (κ1) is 33.5. The molecule has 8 atom stereocenters. The summed E-state index contributed by atoms with van der Waals surface area (Å²) in [4.78, 5) is 26.3. The van der Waals surface area contributed by atoms with Gasteiger partial charge in [-0.15, -0.1) is 5.10 Å². The second-order valence-electron chi connectivity index (χ2n) is 18.5. The van der Waals surface area contributed by atoms with Gasteiger partial charge in [0.2, 0.25) is 0 Å². The molecule has 0 amide bonds. The first-order valence-electron chi connectivity index (χ1n) is 18.7. The number of carboxylic acid groups (broad SMARTS) is 1. The molecule has 4 saturated carbocycles. The second-order valence-corrected chi connectivity index (χ2v) is 18.5. The topological polar surface area (TPSA) is 94.3 Å². The summed E-state index contributed by atoms with van der Waals surface area (Å²) >= 11 is 0. The first-order chi connectivity index (χ1) is 22.6. The van der Waals surface area contributed by atoms with Crippen LogP contribution in [0.4, 0.5) is 0 Å². The molecule has 0 aliphatic heterocycles. The predicted molar refractivity (Wildman–Crippen MR) is 186 cm³/mol. The molecule has 48 heavy (non-hydrogen) atoms. The third-order valence-corrected chi connectivity index (χ3v) is 15.4. The Balaban J connectivity index is 1.08. The van der Waals surface area contributed by atoms with Crippen molar-refractivity contribution in [3.8, 4) is 5.69 Å². The highest BCUT2D eigenvalue weighted by atomic mass is 16.5. The largest absolute Gasteiger partial charge is 0.481 e. The number of fused-ring (bicyclic) bond motifs is 7. The molecule has 260 valence electrons. The SMILES string of the molecule is CC1(C)CC[C@]2(C(=O)O)CC[C@]3(C)C(=CC[C@@H]4[C@@]5(C)CC[C@H](OC(=O)CCc6cn(-c7ccccc7)nn6)C(C)(C)[C@@H]5CC[C@]43C)[C@@H]2C1. The number of esters is 1. The van der Waals surface area contributed by atoms with E-state index in [2.05, 4.69) is 64.9 Å². The van der Waals surface area contributed by atoms with Gasteiger partial charge in [0.1, 0.15) is 6.10 Å². The van der Waals surface area contributed by atoms with Gasteiger partial charge >= 0.3 is 11.9 Å². The number of benzene rings is 1. The van der Waals surface area contributed by atoms with Crippen molar-refractivity contribution in [1.29, 1.82) is 0 Å². The van der Waals surface area contributed by atoms with Crippen molar-refractivity contribution in [2.24, 2.45) is 50.2 Å². The molecule has 0 unspecified atom stereocenters. The Bertz CT molecular complexity index is 1610. The summed E-state index contributed by atoms with van der Waals surface area (Å²) in [6, 6.07) is 9.88. The minimum Gasteiger partial charge on any atom is -0.481 e. The summed E-state index contributed by atoms with van der Waals surface area (Å²) in [5, 5.41) is 19.2. The van der Waals surface area contributed by atoms with E-state index < -0.39 is 11.4 Å². The lowest BCUT2D eigenvalue weighted by Crippen LogP contribution is -2.65. The van der Waals surface area contributed by atoms with Gasteiger partial charge in [0, 0.05) is 11.8 Å². The van der Waals surface area contributed by atoms with Crippen LogP contribution in [0.5, 0.6) is 0 Å². The van der Waals surface area contributed by atoms with Crippen LogP contribution in [-0.4, -0.2) is 38.1 Å². The number of aliphatic carboxylic acids is 1. The van der Waals surface area contributed by atoms with Gasteiger partial charge in [-0.25, -0.2) is 4.68 Å². The van der Waals surface area contributed by atoms with Gasteiger partial charge in [0.25, 0.3) is 0 Å². The molecule has 0 saturated heterocycles. The van der Waals surface area contributed by atoms with Crippen molar-refractivity contribution in [2.75, 3.05) is 0 Å². The molecule has 2 aromatic rings. The van der Waals surface area contributed by atoms with Crippen LogP contribution in [0.2, 0.25) is 0 Å². The van der Waals surface area contributed by atoms with Crippen molar-refractivity contribution in [3.05, 3.63) is 53.9 Å². The summed E-state index contributed by atoms with van der Waals surface area (Å²) in [5.41, 5.74) is 2.91. The van der Waals surface area contributed by atoms with Gasteiger partial charge in [-0.1, -0.05) is 83.5 Å². The quantitative estimate of drug-likeness (QED) is 0.247. The van der Waals surface area contributed by atoms with Crippen molar-refractivity contribution >= 4 is 11.9 Å². The van der Waals surface area contributed by atoms with Gasteiger partial charge in [-0.2, -0.15) is 0 Å². The molecule has 5 aliphatic carbocycles. The van der Waals surface area contributed by atoms with Crippen LogP contribution < -0.4 is 0 Å². The fourth-order valence-corrected chi connectivity index (χ4v) is 12.4. The van der Waals surface area contributed by atoms with E-state index in [1.54, 1.807) is 4.68 Å². The van der Waals surface area contributed by atoms with Crippen LogP contribution in [0.15, 0.2) is 48.2 Å². The van der Waals surface area contributed by atoms with E-state index in [1.807, 2.05) is 36.5 Å². The van der Waals surface area contributed by atoms with E-state index >= 15 is 0 Å². The monoisotopic (exact) mass is 655 g/mol. The van der Waals surface area contributed by atoms with Crippen LogP contribution in [0.25, 0.3) is 5.69 Å². The van der Waals surface area contributed by atoms with E-state index in [1.165, 1.54) is 5.57 Å². The van der Waals surface area contributed by atoms with Crippen LogP contribution >= 0.6 is 0 Å². The molecule has 1 heterocycles. The average molecular weight is 656 g/mol. The maximum atomic E-state index is 13.3. The first-order valence-corrected chi connectivity index (χ1v) is 18.7. The summed E-state index contributed by atoms with van der Waals surface area (Å²) < 4.78 is 8.08. The zero-order valence-corrected chi connectivity index (χ0v) is 30.3. The van der Waals surface area contributed by atoms with Crippen LogP contribution in [0, 0.1) is 50.2 Å². The van der Waals surface area contributed by atoms with Gasteiger partial charge in [-0.05, 0) is 116 Å². The third kappa shape index (κ3) is 4.94. The highest BCUT2D eigenvalue weighted by molar-refractivity contribution is 5.76. The van der Waals surface area contributed by atoms with E-state index in [0.717, 1.165) is 75.6 Å². The maximum Gasteiger partial charge on any atom is 0.310 e. The van der Waals surface area contributed by atoms with E-state index in [0.29, 0.717) is 24.7 Å². The Kier molecular flexibility index (Phi) is 7.88. The number of carbonyl (C=O) groups excluding carboxylic acids is 1. The van der Waals surface area contributed by atoms with E-state index in [4.69, 9.17) is 4.74 Å². The van der Waals surface area contributed by atoms with Crippen LogP contribution in [-0.2, 0) is 20.7 Å². The Hall–Kier alpha value is -2.96. The van der Waals surface area contributed by atoms with Gasteiger partial charge in [0.05, 0.1) is 29.4 Å². The molecule has 0 spiro atoms. The molecule has 1 aromatic carbocycles. The number of aromatic nitrogens is 3. The van der Waals surface area contributed by atoms with Crippen molar-refractivity contribution in [3.63, 3.8) is 0 Å². The Labute approximate surface area is 287 Å². The van der Waals surface area contributed by atoms with E-state index in [-0.39, 0.29) is 45.1 Å². The molecular weight excluding hydrogens is 598 g/mol. The van der Waals surface area contributed by atoms with Crippen molar-refractivity contribution in [2.45, 2.75) is 132 Å². The summed E-state index contributed by atoms with van der Waals surface area (Å²) in [7, 11) is 0. The Morgan fingerprint density at radius 3 is 2.38 bits per heavy atom. The number of allylic oxidation sites excluding steroid dienone is 2. The number of para-hydroxylation sites is 1. The summed E-state index contributed by atoms with van der Waals surface area (Å²) in [6.07, 6.45) is 14.9. The lowest BCUT2D eigenvalue weighted by Gasteiger charge is -2.71. The predicted octanol–water partition coefficient (Wildman–Crippen LogP) is 9.00. The zero-order chi connectivity index (χ0) is 34.3. The lowest BCUT2D eigenvalue weighted by molar-refractivity contribution is -0.213. The number of aryl methyl sites for hydroxylation is 1. The molecule has 1 aromatic heterocycles. The highest BCUT2D eigenvalue weighted by Gasteiger charge is 2.69. The van der Waals surface area contributed by atoms with Gasteiger partial charge in [-0.3, -0.25) is 9.59 Å². The molecule has 7 nitrogen and oxygen atoms in total. The van der Waals surface area contributed by atoms with Crippen molar-refractivity contribution in [1.82, 2.24) is 15.0 Å². The number of ether oxygens (including phenoxy) is 1. The Morgan fingerprint density at radius 1 is 0.917 bits per heavy atom. The Morgan fingerprint density at radius 2 is 1.65 bits per heavy atom. The second kappa shape index (κ2) is 11.3.